The van der Waals surface area contributed by atoms with Crippen molar-refractivity contribution in [2.75, 3.05) is 57.8 Å². The molecule has 1 saturated heterocycles. The highest BCUT2D eigenvalue weighted by Crippen LogP contribution is 2.23. The van der Waals surface area contributed by atoms with Gasteiger partial charge in [0.1, 0.15) is 0 Å². The van der Waals surface area contributed by atoms with E-state index < -0.39 is 0 Å². The Morgan fingerprint density at radius 1 is 1.03 bits per heavy atom. The molecule has 1 amide bonds. The zero-order chi connectivity index (χ0) is 21.5. The van der Waals surface area contributed by atoms with Crippen LogP contribution in [-0.4, -0.2) is 74.4 Å². The van der Waals surface area contributed by atoms with Crippen LogP contribution in [0.25, 0.3) is 10.8 Å². The average molecular weight is 411 g/mol. The minimum atomic E-state index is 0.0650. The van der Waals surface area contributed by atoms with Gasteiger partial charge in [-0.3, -0.25) is 9.59 Å². The molecule has 1 fully saturated rings. The maximum atomic E-state index is 13.0. The third-order valence-corrected chi connectivity index (χ3v) is 5.91. The SMILES string of the molecule is CC(=O)c1ccc2cc(N(C)CC(=O)N(CCCN)CCN3CCCC3)ccc2c1. The van der Waals surface area contributed by atoms with Crippen molar-refractivity contribution in [1.82, 2.24) is 9.80 Å². The van der Waals surface area contributed by atoms with E-state index in [0.29, 0.717) is 25.2 Å². The molecular formula is C24H34N4O2. The van der Waals surface area contributed by atoms with Crippen molar-refractivity contribution >= 4 is 28.2 Å². The van der Waals surface area contributed by atoms with Crippen LogP contribution >= 0.6 is 0 Å². The van der Waals surface area contributed by atoms with E-state index in [1.807, 2.05) is 47.2 Å². The van der Waals surface area contributed by atoms with Gasteiger partial charge in [0, 0.05) is 37.9 Å². The lowest BCUT2D eigenvalue weighted by Gasteiger charge is -2.28. The molecule has 0 aliphatic carbocycles. The molecule has 3 rings (SSSR count). The van der Waals surface area contributed by atoms with Gasteiger partial charge in [0.05, 0.1) is 6.54 Å². The van der Waals surface area contributed by atoms with Gasteiger partial charge in [0.15, 0.2) is 5.78 Å². The second-order valence-electron chi connectivity index (χ2n) is 8.23. The summed E-state index contributed by atoms with van der Waals surface area (Å²) in [6, 6.07) is 11.8. The molecule has 0 saturated carbocycles. The summed E-state index contributed by atoms with van der Waals surface area (Å²) in [7, 11) is 1.95. The largest absolute Gasteiger partial charge is 0.365 e. The minimum absolute atomic E-state index is 0.0650. The zero-order valence-electron chi connectivity index (χ0n) is 18.3. The summed E-state index contributed by atoms with van der Waals surface area (Å²) in [5, 5.41) is 2.09. The van der Waals surface area contributed by atoms with Gasteiger partial charge in [0.2, 0.25) is 5.91 Å². The Balaban J connectivity index is 1.65. The average Bonchev–Trinajstić information content (AvgIpc) is 3.26. The van der Waals surface area contributed by atoms with E-state index in [1.54, 1.807) is 6.92 Å². The van der Waals surface area contributed by atoms with Crippen molar-refractivity contribution in [1.29, 1.82) is 0 Å². The van der Waals surface area contributed by atoms with E-state index in [2.05, 4.69) is 11.0 Å². The van der Waals surface area contributed by atoms with Crippen LogP contribution in [0.5, 0.6) is 0 Å². The third kappa shape index (κ3) is 5.80. The molecule has 2 N–H and O–H groups in total. The predicted octanol–water partition coefficient (Wildman–Crippen LogP) is 2.75. The molecule has 30 heavy (non-hydrogen) atoms. The number of likely N-dealkylation sites (tertiary alicyclic amines) is 1. The van der Waals surface area contributed by atoms with E-state index in [0.717, 1.165) is 49.1 Å². The van der Waals surface area contributed by atoms with E-state index in [9.17, 15) is 9.59 Å². The van der Waals surface area contributed by atoms with Crippen LogP contribution in [0.2, 0.25) is 0 Å². The molecular weight excluding hydrogens is 376 g/mol. The highest BCUT2D eigenvalue weighted by molar-refractivity contribution is 5.99. The second-order valence-corrected chi connectivity index (χ2v) is 8.23. The number of hydrogen-bond donors (Lipinski definition) is 1. The van der Waals surface area contributed by atoms with Crippen molar-refractivity contribution < 1.29 is 9.59 Å². The fourth-order valence-electron chi connectivity index (χ4n) is 4.00. The predicted molar refractivity (Wildman–Crippen MR) is 123 cm³/mol. The van der Waals surface area contributed by atoms with E-state index in [-0.39, 0.29) is 11.7 Å². The van der Waals surface area contributed by atoms with Crippen molar-refractivity contribution in [3.8, 4) is 0 Å². The number of carbonyl (C=O) groups is 2. The Morgan fingerprint density at radius 2 is 1.73 bits per heavy atom. The summed E-state index contributed by atoms with van der Waals surface area (Å²) in [5.74, 6) is 0.201. The molecule has 1 heterocycles. The van der Waals surface area contributed by atoms with Crippen molar-refractivity contribution in [2.45, 2.75) is 26.2 Å². The second kappa shape index (κ2) is 10.5. The van der Waals surface area contributed by atoms with Gasteiger partial charge in [-0.1, -0.05) is 18.2 Å². The lowest BCUT2D eigenvalue weighted by molar-refractivity contribution is -0.129. The summed E-state index contributed by atoms with van der Waals surface area (Å²) in [5.41, 5.74) is 7.40. The molecule has 6 nitrogen and oxygen atoms in total. The molecule has 162 valence electrons. The first-order valence-electron chi connectivity index (χ1n) is 10.9. The molecule has 0 atom stereocenters. The maximum Gasteiger partial charge on any atom is 0.242 e. The summed E-state index contributed by atoms with van der Waals surface area (Å²) in [6.45, 7) is 7.20. The van der Waals surface area contributed by atoms with Gasteiger partial charge in [-0.25, -0.2) is 0 Å². The number of amides is 1. The van der Waals surface area contributed by atoms with E-state index >= 15 is 0 Å². The number of nitrogens with zero attached hydrogens (tertiary/aromatic N) is 3. The van der Waals surface area contributed by atoms with Crippen LogP contribution in [0.4, 0.5) is 5.69 Å². The van der Waals surface area contributed by atoms with Crippen molar-refractivity contribution in [3.05, 3.63) is 42.0 Å². The van der Waals surface area contributed by atoms with E-state index in [4.69, 9.17) is 5.73 Å². The smallest absolute Gasteiger partial charge is 0.242 e. The summed E-state index contributed by atoms with van der Waals surface area (Å²) >= 11 is 0. The standard InChI is InChI=1S/C24H34N4O2/c1-19(29)20-6-7-22-17-23(9-8-21(22)16-20)26(2)18-24(30)28(13-5-10-25)15-14-27-11-3-4-12-27/h6-9,16-17H,3-5,10-15,18,25H2,1-2H3. The first-order valence-corrected chi connectivity index (χ1v) is 10.9. The normalized spacial score (nSPS) is 14.2. The lowest BCUT2D eigenvalue weighted by Crippen LogP contribution is -2.43. The Bertz CT molecular complexity index is 877. The Kier molecular flexibility index (Phi) is 7.82. The van der Waals surface area contributed by atoms with Crippen LogP contribution in [-0.2, 0) is 4.79 Å². The van der Waals surface area contributed by atoms with Crippen LogP contribution in [0.3, 0.4) is 0 Å². The first kappa shape index (κ1) is 22.2. The van der Waals surface area contributed by atoms with Crippen LogP contribution in [0, 0.1) is 0 Å². The highest BCUT2D eigenvalue weighted by atomic mass is 16.2. The monoisotopic (exact) mass is 410 g/mol. The fraction of sp³-hybridized carbons (Fsp3) is 0.500. The van der Waals surface area contributed by atoms with Gasteiger partial charge in [-0.15, -0.1) is 0 Å². The molecule has 0 spiro atoms. The summed E-state index contributed by atoms with van der Waals surface area (Å²) < 4.78 is 0. The quantitative estimate of drug-likeness (QED) is 0.610. The van der Waals surface area contributed by atoms with Gasteiger partial charge >= 0.3 is 0 Å². The number of Topliss-reactive ketones (excluding diaryl/α,β-unsaturated/α-hetero) is 1. The van der Waals surface area contributed by atoms with Crippen LogP contribution in [0.15, 0.2) is 36.4 Å². The fourth-order valence-corrected chi connectivity index (χ4v) is 4.00. The molecule has 0 aromatic heterocycles. The molecule has 0 radical (unpaired) electrons. The van der Waals surface area contributed by atoms with Crippen LogP contribution < -0.4 is 10.6 Å². The molecule has 2 aromatic carbocycles. The number of fused-ring (bicyclic) bond motifs is 1. The zero-order valence-corrected chi connectivity index (χ0v) is 18.3. The maximum absolute atomic E-state index is 13.0. The number of ketones is 1. The molecule has 2 aromatic rings. The topological polar surface area (TPSA) is 69.9 Å². The number of likely N-dealkylation sites (N-methyl/N-ethyl adjacent to an activating group) is 1. The van der Waals surface area contributed by atoms with Crippen molar-refractivity contribution in [3.63, 3.8) is 0 Å². The molecule has 0 unspecified atom stereocenters. The number of nitrogens with two attached hydrogens (primary N) is 1. The molecule has 1 aliphatic rings. The van der Waals surface area contributed by atoms with Gasteiger partial charge in [0.25, 0.3) is 0 Å². The van der Waals surface area contributed by atoms with Crippen LogP contribution in [0.1, 0.15) is 36.5 Å². The van der Waals surface area contributed by atoms with Gasteiger partial charge in [-0.05, 0) is 74.8 Å². The van der Waals surface area contributed by atoms with E-state index in [1.165, 1.54) is 12.8 Å². The Morgan fingerprint density at radius 3 is 2.43 bits per heavy atom. The lowest BCUT2D eigenvalue weighted by atomic mass is 10.0. The van der Waals surface area contributed by atoms with Gasteiger partial charge < -0.3 is 20.4 Å². The number of anilines is 1. The summed E-state index contributed by atoms with van der Waals surface area (Å²) in [6.07, 6.45) is 3.34. The number of benzene rings is 2. The van der Waals surface area contributed by atoms with Gasteiger partial charge in [-0.2, -0.15) is 0 Å². The highest BCUT2D eigenvalue weighted by Gasteiger charge is 2.18. The number of carbonyl (C=O) groups excluding carboxylic acids is 2. The minimum Gasteiger partial charge on any atom is -0.365 e. The number of hydrogen-bond acceptors (Lipinski definition) is 5. The van der Waals surface area contributed by atoms with Crippen molar-refractivity contribution in [2.24, 2.45) is 5.73 Å². The number of rotatable bonds is 10. The summed E-state index contributed by atoms with van der Waals surface area (Å²) in [4.78, 5) is 31.0. The third-order valence-electron chi connectivity index (χ3n) is 5.91. The first-order chi connectivity index (χ1) is 14.5. The molecule has 6 heteroatoms. The Hall–Kier alpha value is -2.44. The molecule has 1 aliphatic heterocycles. The molecule has 0 bridgehead atoms. The Labute approximate surface area is 179 Å².